The van der Waals surface area contributed by atoms with Crippen LogP contribution in [0.15, 0.2) is 24.4 Å². The van der Waals surface area contributed by atoms with E-state index in [9.17, 15) is 0 Å². The first-order valence-corrected chi connectivity index (χ1v) is 6.23. The molecule has 5 nitrogen and oxygen atoms in total. The zero-order valence-corrected chi connectivity index (χ0v) is 12.3. The van der Waals surface area contributed by atoms with E-state index in [4.69, 9.17) is 23.8 Å². The van der Waals surface area contributed by atoms with Gasteiger partial charge in [0.1, 0.15) is 7.85 Å². The van der Waals surface area contributed by atoms with Crippen LogP contribution in [0.3, 0.4) is 0 Å². The summed E-state index contributed by atoms with van der Waals surface area (Å²) >= 11 is 0. The predicted molar refractivity (Wildman–Crippen MR) is 81.9 cm³/mol. The number of aliphatic hydroxyl groups is 2. The molecule has 0 aliphatic heterocycles. The lowest BCUT2D eigenvalue weighted by Gasteiger charge is -2.31. The van der Waals surface area contributed by atoms with Crippen LogP contribution in [0.1, 0.15) is 27.7 Å². The Morgan fingerprint density at radius 2 is 1.65 bits per heavy atom. The van der Waals surface area contributed by atoms with Gasteiger partial charge in [-0.15, -0.1) is 0 Å². The maximum absolute atomic E-state index is 9.10. The minimum atomic E-state index is -1.01. The number of aromatic nitrogens is 2. The zero-order valence-electron chi connectivity index (χ0n) is 12.3. The molecular formula is C14H20BN3O2. The van der Waals surface area contributed by atoms with Gasteiger partial charge in [-0.3, -0.25) is 0 Å². The number of nitrogen functional groups attached to an aromatic ring is 1. The van der Waals surface area contributed by atoms with Gasteiger partial charge < -0.3 is 15.9 Å². The monoisotopic (exact) mass is 273 g/mol. The Morgan fingerprint density at radius 1 is 1.10 bits per heavy atom. The van der Waals surface area contributed by atoms with E-state index in [1.807, 2.05) is 12.1 Å². The van der Waals surface area contributed by atoms with Crippen LogP contribution in [0.5, 0.6) is 0 Å². The number of fused-ring (bicyclic) bond motifs is 1. The molecule has 0 unspecified atom stereocenters. The normalized spacial score (nSPS) is 11.9. The molecule has 2 aromatic rings. The van der Waals surface area contributed by atoms with Crippen molar-refractivity contribution in [3.63, 3.8) is 0 Å². The van der Waals surface area contributed by atoms with Gasteiger partial charge in [0.2, 0.25) is 5.95 Å². The number of hydrogen-bond donors (Lipinski definition) is 3. The molecule has 0 spiro atoms. The molecule has 0 saturated heterocycles. The first-order chi connectivity index (χ1) is 9.00. The van der Waals surface area contributed by atoms with E-state index in [0.717, 1.165) is 10.9 Å². The Kier molecular flexibility index (Phi) is 4.73. The first kappa shape index (κ1) is 16.4. The van der Waals surface area contributed by atoms with Gasteiger partial charge in [-0.2, -0.15) is 0 Å². The topological polar surface area (TPSA) is 92.3 Å². The van der Waals surface area contributed by atoms with E-state index < -0.39 is 11.2 Å². The van der Waals surface area contributed by atoms with Crippen molar-refractivity contribution in [2.45, 2.75) is 38.9 Å². The Morgan fingerprint density at radius 3 is 2.15 bits per heavy atom. The highest BCUT2D eigenvalue weighted by molar-refractivity contribution is 6.33. The summed E-state index contributed by atoms with van der Waals surface area (Å²) < 4.78 is 0. The quantitative estimate of drug-likeness (QED) is 0.659. The lowest BCUT2D eigenvalue weighted by Crippen LogP contribution is -2.44. The molecule has 0 atom stereocenters. The predicted octanol–water partition coefficient (Wildman–Crippen LogP) is 0.534. The number of benzene rings is 1. The lowest BCUT2D eigenvalue weighted by molar-refractivity contribution is -0.107. The SMILES string of the molecule is CC(C)(O)C(C)(C)O.[B]c1ccc2nc(N)ncc2c1. The standard InChI is InChI=1S/C8H6BN3.C6H14O2/c9-6-1-2-7-5(3-6)4-11-8(10)12-7;1-5(2,7)6(3,4)8/h1-4H,(H2,10,11,12);7-8H,1-4H3. The smallest absolute Gasteiger partial charge is 0.220 e. The van der Waals surface area contributed by atoms with Gasteiger partial charge in [0.05, 0.1) is 16.7 Å². The van der Waals surface area contributed by atoms with Gasteiger partial charge in [-0.1, -0.05) is 17.6 Å². The van der Waals surface area contributed by atoms with Crippen molar-refractivity contribution in [1.82, 2.24) is 9.97 Å². The minimum absolute atomic E-state index is 0.285. The summed E-state index contributed by atoms with van der Waals surface area (Å²) in [6.45, 7) is 6.31. The average molecular weight is 273 g/mol. The van der Waals surface area contributed by atoms with Crippen LogP contribution in [0.2, 0.25) is 0 Å². The second-order valence-corrected chi connectivity index (χ2v) is 5.66. The van der Waals surface area contributed by atoms with E-state index in [-0.39, 0.29) is 5.95 Å². The Balaban J connectivity index is 0.000000221. The van der Waals surface area contributed by atoms with Crippen LogP contribution in [-0.4, -0.2) is 39.2 Å². The summed E-state index contributed by atoms with van der Waals surface area (Å²) in [6, 6.07) is 5.42. The van der Waals surface area contributed by atoms with Gasteiger partial charge in [0, 0.05) is 11.6 Å². The van der Waals surface area contributed by atoms with Crippen molar-refractivity contribution in [1.29, 1.82) is 0 Å². The number of anilines is 1. The largest absolute Gasteiger partial charge is 0.387 e. The number of rotatable bonds is 1. The number of nitrogens with zero attached hydrogens (tertiary/aromatic N) is 2. The van der Waals surface area contributed by atoms with Crippen LogP contribution in [0.25, 0.3) is 10.9 Å². The summed E-state index contributed by atoms with van der Waals surface area (Å²) in [5.74, 6) is 0.285. The number of hydrogen-bond acceptors (Lipinski definition) is 5. The van der Waals surface area contributed by atoms with Gasteiger partial charge in [0.15, 0.2) is 0 Å². The minimum Gasteiger partial charge on any atom is -0.387 e. The molecule has 0 saturated carbocycles. The van der Waals surface area contributed by atoms with Crippen LogP contribution >= 0.6 is 0 Å². The average Bonchev–Trinajstić information content (AvgIpc) is 2.27. The van der Waals surface area contributed by atoms with Crippen LogP contribution in [-0.2, 0) is 0 Å². The molecule has 0 aliphatic carbocycles. The molecule has 106 valence electrons. The van der Waals surface area contributed by atoms with E-state index in [2.05, 4.69) is 9.97 Å². The summed E-state index contributed by atoms with van der Waals surface area (Å²) in [5.41, 5.74) is 4.92. The van der Waals surface area contributed by atoms with Crippen molar-refractivity contribution in [3.8, 4) is 0 Å². The van der Waals surface area contributed by atoms with Gasteiger partial charge in [-0.05, 0) is 33.8 Å². The molecule has 4 N–H and O–H groups in total. The molecule has 0 aliphatic rings. The summed E-state index contributed by atoms with van der Waals surface area (Å²) in [6.07, 6.45) is 1.66. The molecule has 6 heteroatoms. The van der Waals surface area contributed by atoms with Crippen molar-refractivity contribution >= 4 is 30.2 Å². The van der Waals surface area contributed by atoms with E-state index in [0.29, 0.717) is 5.46 Å². The first-order valence-electron chi connectivity index (χ1n) is 6.23. The summed E-state index contributed by atoms with van der Waals surface area (Å²) in [5, 5.41) is 19.1. The van der Waals surface area contributed by atoms with E-state index in [1.165, 1.54) is 0 Å². The van der Waals surface area contributed by atoms with E-state index >= 15 is 0 Å². The zero-order chi connectivity index (χ0) is 15.6. The fourth-order valence-electron chi connectivity index (χ4n) is 1.07. The molecule has 1 aromatic carbocycles. The second-order valence-electron chi connectivity index (χ2n) is 5.66. The maximum atomic E-state index is 9.10. The highest BCUT2D eigenvalue weighted by atomic mass is 16.3. The summed E-state index contributed by atoms with van der Waals surface area (Å²) in [4.78, 5) is 7.89. The fraction of sp³-hybridized carbons (Fsp3) is 0.429. The maximum Gasteiger partial charge on any atom is 0.220 e. The molecule has 20 heavy (non-hydrogen) atoms. The third-order valence-corrected chi connectivity index (χ3v) is 3.12. The van der Waals surface area contributed by atoms with E-state index in [1.54, 1.807) is 40.0 Å². The van der Waals surface area contributed by atoms with Crippen molar-refractivity contribution in [2.75, 3.05) is 5.73 Å². The van der Waals surface area contributed by atoms with Gasteiger partial charge >= 0.3 is 0 Å². The molecule has 1 heterocycles. The van der Waals surface area contributed by atoms with Gasteiger partial charge in [0.25, 0.3) is 0 Å². The molecule has 0 fully saturated rings. The van der Waals surface area contributed by atoms with Gasteiger partial charge in [-0.25, -0.2) is 9.97 Å². The Hall–Kier alpha value is -1.66. The van der Waals surface area contributed by atoms with Crippen LogP contribution in [0.4, 0.5) is 5.95 Å². The Bertz CT molecular complexity index is 536. The van der Waals surface area contributed by atoms with Crippen LogP contribution in [0, 0.1) is 0 Å². The molecule has 1 aromatic heterocycles. The highest BCUT2D eigenvalue weighted by Crippen LogP contribution is 2.19. The number of nitrogens with two attached hydrogens (primary N) is 1. The molecule has 0 amide bonds. The van der Waals surface area contributed by atoms with Crippen molar-refractivity contribution in [2.24, 2.45) is 0 Å². The molecule has 0 bridgehead atoms. The molecule has 2 rings (SSSR count). The highest BCUT2D eigenvalue weighted by Gasteiger charge is 2.31. The molecule has 2 radical (unpaired) electrons. The van der Waals surface area contributed by atoms with Crippen LogP contribution < -0.4 is 11.2 Å². The molecular weight excluding hydrogens is 253 g/mol. The fourth-order valence-corrected chi connectivity index (χ4v) is 1.07. The third-order valence-electron chi connectivity index (χ3n) is 3.12. The van der Waals surface area contributed by atoms with Crippen molar-refractivity contribution < 1.29 is 10.2 Å². The van der Waals surface area contributed by atoms with Crippen molar-refractivity contribution in [3.05, 3.63) is 24.4 Å². The second kappa shape index (κ2) is 5.77. The Labute approximate surface area is 120 Å². The summed E-state index contributed by atoms with van der Waals surface area (Å²) in [7, 11) is 5.58. The lowest BCUT2D eigenvalue weighted by atomic mass is 9.90. The third kappa shape index (κ3) is 4.47.